The summed E-state index contributed by atoms with van der Waals surface area (Å²) in [6.07, 6.45) is 1.74. The number of methoxy groups -OCH3 is 1. The van der Waals surface area contributed by atoms with Crippen LogP contribution in [0.4, 0.5) is 0 Å². The molecule has 2 aromatic rings. The zero-order valence-corrected chi connectivity index (χ0v) is 16.2. The van der Waals surface area contributed by atoms with Crippen molar-refractivity contribution in [2.75, 3.05) is 53.0 Å². The molecule has 1 amide bonds. The monoisotopic (exact) mass is 392 g/mol. The number of carbonyl (C=O) groups is 1. The number of halogens is 1. The maximum absolute atomic E-state index is 11.9. The quantitative estimate of drug-likeness (QED) is 0.691. The molecule has 1 N–H and O–H groups in total. The summed E-state index contributed by atoms with van der Waals surface area (Å²) in [5, 5.41) is 3.52. The van der Waals surface area contributed by atoms with Crippen molar-refractivity contribution in [1.82, 2.24) is 20.1 Å². The van der Waals surface area contributed by atoms with Crippen LogP contribution in [0.25, 0.3) is 11.3 Å². The molecule has 1 aromatic carbocycles. The minimum Gasteiger partial charge on any atom is -0.439 e. The number of hydrogen-bond donors (Lipinski definition) is 1. The molecule has 0 atom stereocenters. The minimum atomic E-state index is 0.0411. The topological polar surface area (TPSA) is 70.8 Å². The number of carbonyl (C=O) groups excluding carboxylic acids is 1. The van der Waals surface area contributed by atoms with Crippen molar-refractivity contribution in [1.29, 1.82) is 0 Å². The molecule has 2 heterocycles. The minimum absolute atomic E-state index is 0.0411. The van der Waals surface area contributed by atoms with Gasteiger partial charge in [-0.05, 0) is 12.1 Å². The Bertz CT molecular complexity index is 744. The average Bonchev–Trinajstić information content (AvgIpc) is 3.12. The highest BCUT2D eigenvalue weighted by Gasteiger charge is 2.20. The van der Waals surface area contributed by atoms with E-state index in [9.17, 15) is 4.79 Å². The molecule has 1 aromatic heterocycles. The Kier molecular flexibility index (Phi) is 7.23. The maximum atomic E-state index is 11.9. The van der Waals surface area contributed by atoms with Crippen LogP contribution in [0, 0.1) is 0 Å². The van der Waals surface area contributed by atoms with Gasteiger partial charge in [0.25, 0.3) is 0 Å². The predicted octanol–water partition coefficient (Wildman–Crippen LogP) is 1.88. The van der Waals surface area contributed by atoms with E-state index in [1.54, 1.807) is 13.3 Å². The smallest absolute Gasteiger partial charge is 0.234 e. The van der Waals surface area contributed by atoms with Gasteiger partial charge in [-0.1, -0.05) is 23.7 Å². The average molecular weight is 393 g/mol. The number of piperazine rings is 1. The molecular weight excluding hydrogens is 368 g/mol. The fourth-order valence-corrected chi connectivity index (χ4v) is 3.20. The molecule has 1 saturated heterocycles. The van der Waals surface area contributed by atoms with Gasteiger partial charge in [0.15, 0.2) is 5.76 Å². The SMILES string of the molecule is COCCNC(=O)CN1CCN(Cc2ncc(-c3cccc(Cl)c3)o2)CC1. The molecule has 0 spiro atoms. The van der Waals surface area contributed by atoms with Crippen molar-refractivity contribution in [3.63, 3.8) is 0 Å². The second kappa shape index (κ2) is 9.85. The highest BCUT2D eigenvalue weighted by molar-refractivity contribution is 6.30. The van der Waals surface area contributed by atoms with E-state index in [0.29, 0.717) is 37.2 Å². The zero-order chi connectivity index (χ0) is 19.1. The van der Waals surface area contributed by atoms with E-state index in [0.717, 1.165) is 37.5 Å². The van der Waals surface area contributed by atoms with Crippen LogP contribution < -0.4 is 5.32 Å². The highest BCUT2D eigenvalue weighted by Crippen LogP contribution is 2.24. The summed E-state index contributed by atoms with van der Waals surface area (Å²) >= 11 is 6.03. The molecule has 146 valence electrons. The largest absolute Gasteiger partial charge is 0.439 e. The van der Waals surface area contributed by atoms with E-state index >= 15 is 0 Å². The molecule has 7 nitrogen and oxygen atoms in total. The van der Waals surface area contributed by atoms with Gasteiger partial charge in [-0.15, -0.1) is 0 Å². The second-order valence-electron chi connectivity index (χ2n) is 6.52. The summed E-state index contributed by atoms with van der Waals surface area (Å²) < 4.78 is 10.8. The van der Waals surface area contributed by atoms with Crippen LogP contribution >= 0.6 is 11.6 Å². The molecule has 8 heteroatoms. The van der Waals surface area contributed by atoms with Gasteiger partial charge in [-0.2, -0.15) is 0 Å². The van der Waals surface area contributed by atoms with Crippen molar-refractivity contribution in [2.45, 2.75) is 6.54 Å². The molecular formula is C19H25ClN4O3. The number of nitrogens with one attached hydrogen (secondary N) is 1. The maximum Gasteiger partial charge on any atom is 0.234 e. The Morgan fingerprint density at radius 1 is 1.30 bits per heavy atom. The third kappa shape index (κ3) is 6.04. The Morgan fingerprint density at radius 3 is 2.81 bits per heavy atom. The van der Waals surface area contributed by atoms with E-state index in [2.05, 4.69) is 20.1 Å². The van der Waals surface area contributed by atoms with Gasteiger partial charge in [0.1, 0.15) is 0 Å². The summed E-state index contributed by atoms with van der Waals surface area (Å²) in [7, 11) is 1.62. The van der Waals surface area contributed by atoms with E-state index in [1.165, 1.54) is 0 Å². The number of rotatable bonds is 8. The summed E-state index contributed by atoms with van der Waals surface area (Å²) in [6, 6.07) is 7.54. The van der Waals surface area contributed by atoms with Crippen LogP contribution in [-0.2, 0) is 16.1 Å². The van der Waals surface area contributed by atoms with E-state index in [1.807, 2.05) is 24.3 Å². The molecule has 1 aliphatic heterocycles. The van der Waals surface area contributed by atoms with Crippen LogP contribution in [0.1, 0.15) is 5.89 Å². The van der Waals surface area contributed by atoms with Gasteiger partial charge in [-0.3, -0.25) is 14.6 Å². The fraction of sp³-hybridized carbons (Fsp3) is 0.474. The first-order chi connectivity index (χ1) is 13.1. The molecule has 1 fully saturated rings. The van der Waals surface area contributed by atoms with Crippen molar-refractivity contribution < 1.29 is 13.9 Å². The number of ether oxygens (including phenoxy) is 1. The standard InChI is InChI=1S/C19H25ClN4O3/c1-26-10-5-21-18(25)13-23-6-8-24(9-7-23)14-19-22-12-17(27-19)15-3-2-4-16(20)11-15/h2-4,11-12H,5-10,13-14H2,1H3,(H,21,25). The first-order valence-electron chi connectivity index (χ1n) is 9.05. The van der Waals surface area contributed by atoms with Crippen LogP contribution in [-0.4, -0.2) is 73.7 Å². The lowest BCUT2D eigenvalue weighted by atomic mass is 10.2. The molecule has 0 radical (unpaired) electrons. The normalized spacial score (nSPS) is 15.8. The third-order valence-electron chi connectivity index (χ3n) is 4.48. The van der Waals surface area contributed by atoms with Crippen LogP contribution in [0.3, 0.4) is 0 Å². The number of nitrogens with zero attached hydrogens (tertiary/aromatic N) is 3. The summed E-state index contributed by atoms with van der Waals surface area (Å²) in [5.41, 5.74) is 0.922. The van der Waals surface area contributed by atoms with Crippen molar-refractivity contribution >= 4 is 17.5 Å². The Hall–Kier alpha value is -1.93. The Balaban J connectivity index is 1.44. The van der Waals surface area contributed by atoms with E-state index in [4.69, 9.17) is 20.8 Å². The number of aromatic nitrogens is 1. The fourth-order valence-electron chi connectivity index (χ4n) is 3.01. The Labute approximate surface area is 164 Å². The first kappa shape index (κ1) is 19.8. The lowest BCUT2D eigenvalue weighted by molar-refractivity contribution is -0.122. The lowest BCUT2D eigenvalue weighted by Gasteiger charge is -2.33. The molecule has 27 heavy (non-hydrogen) atoms. The molecule has 0 bridgehead atoms. The molecule has 0 unspecified atom stereocenters. The van der Waals surface area contributed by atoms with Gasteiger partial charge in [0.05, 0.1) is 25.9 Å². The van der Waals surface area contributed by atoms with Crippen LogP contribution in [0.15, 0.2) is 34.9 Å². The summed E-state index contributed by atoms with van der Waals surface area (Å²) in [5.74, 6) is 1.45. The molecule has 0 aliphatic carbocycles. The van der Waals surface area contributed by atoms with Crippen molar-refractivity contribution in [3.8, 4) is 11.3 Å². The van der Waals surface area contributed by atoms with Gasteiger partial charge in [0, 0.05) is 50.4 Å². The molecule has 3 rings (SSSR count). The number of benzene rings is 1. The number of oxazole rings is 1. The second-order valence-corrected chi connectivity index (χ2v) is 6.96. The van der Waals surface area contributed by atoms with Crippen molar-refractivity contribution in [2.24, 2.45) is 0 Å². The third-order valence-corrected chi connectivity index (χ3v) is 4.72. The van der Waals surface area contributed by atoms with Crippen molar-refractivity contribution in [3.05, 3.63) is 41.4 Å². The zero-order valence-electron chi connectivity index (χ0n) is 15.5. The molecule has 1 aliphatic rings. The van der Waals surface area contributed by atoms with Gasteiger partial charge < -0.3 is 14.5 Å². The highest BCUT2D eigenvalue weighted by atomic mass is 35.5. The van der Waals surface area contributed by atoms with Gasteiger partial charge in [-0.25, -0.2) is 4.98 Å². The van der Waals surface area contributed by atoms with Gasteiger partial charge >= 0.3 is 0 Å². The summed E-state index contributed by atoms with van der Waals surface area (Å²) in [6.45, 7) is 5.62. The number of hydrogen-bond acceptors (Lipinski definition) is 6. The van der Waals surface area contributed by atoms with E-state index in [-0.39, 0.29) is 5.91 Å². The van der Waals surface area contributed by atoms with Crippen LogP contribution in [0.2, 0.25) is 5.02 Å². The predicted molar refractivity (Wildman–Crippen MR) is 104 cm³/mol. The lowest BCUT2D eigenvalue weighted by Crippen LogP contribution is -2.49. The molecule has 0 saturated carbocycles. The first-order valence-corrected chi connectivity index (χ1v) is 9.43. The van der Waals surface area contributed by atoms with E-state index < -0.39 is 0 Å². The van der Waals surface area contributed by atoms with Gasteiger partial charge in [0.2, 0.25) is 11.8 Å². The number of amides is 1. The Morgan fingerprint density at radius 2 is 2.07 bits per heavy atom. The van der Waals surface area contributed by atoms with Crippen LogP contribution in [0.5, 0.6) is 0 Å². The summed E-state index contributed by atoms with van der Waals surface area (Å²) in [4.78, 5) is 20.7.